The van der Waals surface area contributed by atoms with E-state index in [2.05, 4.69) is 0 Å². The number of nitrogens with zero attached hydrogens (tertiary/aromatic N) is 1. The van der Waals surface area contributed by atoms with Crippen molar-refractivity contribution in [2.24, 2.45) is 5.73 Å². The van der Waals surface area contributed by atoms with Crippen molar-refractivity contribution >= 4 is 5.91 Å². The maximum absolute atomic E-state index is 11.0. The van der Waals surface area contributed by atoms with Gasteiger partial charge >= 0.3 is 0 Å². The number of carbonyl (C=O) groups excluding carboxylic acids is 1. The first kappa shape index (κ1) is 10.4. The van der Waals surface area contributed by atoms with Crippen molar-refractivity contribution in [3.63, 3.8) is 0 Å². The van der Waals surface area contributed by atoms with E-state index in [0.29, 0.717) is 26.3 Å². The monoisotopic (exact) mass is 188 g/mol. The summed E-state index contributed by atoms with van der Waals surface area (Å²) in [4.78, 5) is 12.7. The van der Waals surface area contributed by atoms with E-state index in [-0.39, 0.29) is 18.6 Å². The van der Waals surface area contributed by atoms with Crippen molar-refractivity contribution in [3.8, 4) is 0 Å². The third-order valence-corrected chi connectivity index (χ3v) is 1.91. The van der Waals surface area contributed by atoms with Crippen LogP contribution in [0.5, 0.6) is 0 Å². The highest BCUT2D eigenvalue weighted by molar-refractivity contribution is 5.77. The van der Waals surface area contributed by atoms with Gasteiger partial charge in [0.05, 0.1) is 19.3 Å². The zero-order valence-electron chi connectivity index (χ0n) is 7.86. The molecule has 0 aromatic heterocycles. The summed E-state index contributed by atoms with van der Waals surface area (Å²) in [5.41, 5.74) is 5.26. The summed E-state index contributed by atoms with van der Waals surface area (Å²) in [6.07, 6.45) is -0.00532. The number of rotatable bonds is 4. The lowest BCUT2D eigenvalue weighted by Crippen LogP contribution is -2.46. The normalized spacial score (nSPS) is 23.7. The molecule has 1 saturated heterocycles. The van der Waals surface area contributed by atoms with Gasteiger partial charge in [0.15, 0.2) is 0 Å². The summed E-state index contributed by atoms with van der Waals surface area (Å²) in [6, 6.07) is 0. The van der Waals surface area contributed by atoms with Gasteiger partial charge in [0.2, 0.25) is 5.91 Å². The molecule has 1 amide bonds. The molecule has 0 spiro atoms. The molecule has 13 heavy (non-hydrogen) atoms. The van der Waals surface area contributed by atoms with Crippen LogP contribution in [0.1, 0.15) is 0 Å². The molecule has 5 heteroatoms. The molecule has 0 bridgehead atoms. The molecular formula is C8H16N2O3. The Labute approximate surface area is 77.8 Å². The minimum atomic E-state index is -0.00532. The van der Waals surface area contributed by atoms with Crippen LogP contribution in [0.4, 0.5) is 0 Å². The van der Waals surface area contributed by atoms with Gasteiger partial charge in [-0.1, -0.05) is 0 Å². The molecule has 1 atom stereocenters. The Morgan fingerprint density at radius 3 is 3.15 bits per heavy atom. The molecule has 76 valence electrons. The molecule has 2 N–H and O–H groups in total. The summed E-state index contributed by atoms with van der Waals surface area (Å²) in [5, 5.41) is 0. The van der Waals surface area contributed by atoms with Gasteiger partial charge in [-0.2, -0.15) is 0 Å². The van der Waals surface area contributed by atoms with Gasteiger partial charge < -0.3 is 20.1 Å². The third kappa shape index (κ3) is 3.30. The number of ether oxygens (including phenoxy) is 2. The minimum Gasteiger partial charge on any atom is -0.377 e. The Hall–Kier alpha value is -0.650. The van der Waals surface area contributed by atoms with Crippen molar-refractivity contribution in [3.05, 3.63) is 0 Å². The van der Waals surface area contributed by atoms with Crippen LogP contribution in [-0.2, 0) is 14.3 Å². The van der Waals surface area contributed by atoms with Crippen molar-refractivity contribution in [1.29, 1.82) is 0 Å². The number of hydrogen-bond donors (Lipinski definition) is 1. The number of nitrogens with two attached hydrogens (primary N) is 1. The van der Waals surface area contributed by atoms with E-state index in [1.165, 1.54) is 0 Å². The Bertz CT molecular complexity index is 175. The highest BCUT2D eigenvalue weighted by Gasteiger charge is 2.23. The summed E-state index contributed by atoms with van der Waals surface area (Å²) >= 11 is 0. The third-order valence-electron chi connectivity index (χ3n) is 1.91. The van der Waals surface area contributed by atoms with E-state index >= 15 is 0 Å². The second-order valence-corrected chi connectivity index (χ2v) is 3.07. The number of morpholine rings is 1. The number of hydrogen-bond acceptors (Lipinski definition) is 4. The summed E-state index contributed by atoms with van der Waals surface area (Å²) in [7, 11) is 1.76. The van der Waals surface area contributed by atoms with Crippen molar-refractivity contribution in [2.45, 2.75) is 6.10 Å². The van der Waals surface area contributed by atoms with Gasteiger partial charge in [-0.3, -0.25) is 4.79 Å². The second kappa shape index (κ2) is 5.16. The van der Waals surface area contributed by atoms with E-state index in [1.54, 1.807) is 11.9 Å². The van der Waals surface area contributed by atoms with Gasteiger partial charge in [0.25, 0.3) is 0 Å². The van der Waals surface area contributed by atoms with Crippen LogP contribution >= 0.6 is 0 Å². The van der Waals surface area contributed by atoms with Gasteiger partial charge in [-0.05, 0) is 0 Å². The summed E-state index contributed by atoms with van der Waals surface area (Å²) < 4.78 is 10.5. The summed E-state index contributed by atoms with van der Waals surface area (Å²) in [5.74, 6) is 0.0232. The van der Waals surface area contributed by atoms with Crippen molar-refractivity contribution in [2.75, 3.05) is 40.0 Å². The second-order valence-electron chi connectivity index (χ2n) is 3.07. The molecule has 1 fully saturated rings. The highest BCUT2D eigenvalue weighted by atomic mass is 16.5. The van der Waals surface area contributed by atoms with E-state index in [1.807, 2.05) is 0 Å². The number of amides is 1. The van der Waals surface area contributed by atoms with Crippen LogP contribution in [0.2, 0.25) is 0 Å². The standard InChI is InChI=1S/C8H16N2O3/c1-10-4-7(5-12-3-2-9)13-6-8(10)11/h7H,2-6,9H2,1H3. The molecule has 1 aliphatic heterocycles. The molecule has 0 radical (unpaired) electrons. The lowest BCUT2D eigenvalue weighted by molar-refractivity contribution is -0.150. The molecular weight excluding hydrogens is 172 g/mol. The molecule has 0 aromatic rings. The first-order chi connectivity index (χ1) is 6.24. The molecule has 0 aliphatic carbocycles. The maximum atomic E-state index is 11.0. The zero-order chi connectivity index (χ0) is 9.68. The topological polar surface area (TPSA) is 64.8 Å². The Kier molecular flexibility index (Phi) is 4.14. The molecule has 1 rings (SSSR count). The lowest BCUT2D eigenvalue weighted by atomic mass is 10.3. The van der Waals surface area contributed by atoms with E-state index in [9.17, 15) is 4.79 Å². The zero-order valence-corrected chi connectivity index (χ0v) is 7.86. The van der Waals surface area contributed by atoms with Crippen LogP contribution in [-0.4, -0.2) is 56.9 Å². The molecule has 1 heterocycles. The lowest BCUT2D eigenvalue weighted by Gasteiger charge is -2.29. The molecule has 1 aliphatic rings. The summed E-state index contributed by atoms with van der Waals surface area (Å²) in [6.45, 7) is 2.32. The predicted octanol–water partition coefficient (Wildman–Crippen LogP) is -1.18. The van der Waals surface area contributed by atoms with Crippen molar-refractivity contribution < 1.29 is 14.3 Å². The number of likely N-dealkylation sites (N-methyl/N-ethyl adjacent to an activating group) is 1. The van der Waals surface area contributed by atoms with Crippen LogP contribution in [0.15, 0.2) is 0 Å². The Morgan fingerprint density at radius 2 is 2.54 bits per heavy atom. The first-order valence-corrected chi connectivity index (χ1v) is 4.37. The van der Waals surface area contributed by atoms with Gasteiger partial charge in [-0.25, -0.2) is 0 Å². The predicted molar refractivity (Wildman–Crippen MR) is 47.3 cm³/mol. The molecule has 5 nitrogen and oxygen atoms in total. The van der Waals surface area contributed by atoms with Crippen LogP contribution in [0.25, 0.3) is 0 Å². The fourth-order valence-corrected chi connectivity index (χ4v) is 1.16. The van der Waals surface area contributed by atoms with Crippen LogP contribution < -0.4 is 5.73 Å². The highest BCUT2D eigenvalue weighted by Crippen LogP contribution is 2.04. The maximum Gasteiger partial charge on any atom is 0.248 e. The van der Waals surface area contributed by atoms with Crippen LogP contribution in [0, 0.1) is 0 Å². The van der Waals surface area contributed by atoms with E-state index in [4.69, 9.17) is 15.2 Å². The van der Waals surface area contributed by atoms with Gasteiger partial charge in [-0.15, -0.1) is 0 Å². The first-order valence-electron chi connectivity index (χ1n) is 4.37. The Morgan fingerprint density at radius 1 is 1.77 bits per heavy atom. The minimum absolute atomic E-state index is 0.00532. The fraction of sp³-hybridized carbons (Fsp3) is 0.875. The van der Waals surface area contributed by atoms with Gasteiger partial charge in [0.1, 0.15) is 6.61 Å². The average Bonchev–Trinajstić information content (AvgIpc) is 2.12. The Balaban J connectivity index is 2.17. The average molecular weight is 188 g/mol. The van der Waals surface area contributed by atoms with E-state index < -0.39 is 0 Å². The number of carbonyl (C=O) groups is 1. The molecule has 1 unspecified atom stereocenters. The molecule has 0 aromatic carbocycles. The fourth-order valence-electron chi connectivity index (χ4n) is 1.16. The largest absolute Gasteiger partial charge is 0.377 e. The molecule has 0 saturated carbocycles. The SMILES string of the molecule is CN1CC(COCCN)OCC1=O. The van der Waals surface area contributed by atoms with Gasteiger partial charge in [0, 0.05) is 20.1 Å². The quantitative estimate of drug-likeness (QED) is 0.564. The van der Waals surface area contributed by atoms with Crippen LogP contribution in [0.3, 0.4) is 0 Å². The van der Waals surface area contributed by atoms with Crippen molar-refractivity contribution in [1.82, 2.24) is 4.90 Å². The van der Waals surface area contributed by atoms with E-state index in [0.717, 1.165) is 0 Å². The smallest absolute Gasteiger partial charge is 0.248 e.